The Balaban J connectivity index is 1.69. The van der Waals surface area contributed by atoms with Gasteiger partial charge in [-0.1, -0.05) is 6.07 Å². The topological polar surface area (TPSA) is 45.4 Å². The third kappa shape index (κ3) is 2.35. The number of pyridine rings is 1. The fraction of sp³-hybridized carbons (Fsp3) is 0.643. The van der Waals surface area contributed by atoms with Crippen molar-refractivity contribution in [1.29, 1.82) is 0 Å². The number of nitrogens with two attached hydrogens (primary N) is 1. The molecule has 0 unspecified atom stereocenters. The van der Waals surface area contributed by atoms with Crippen molar-refractivity contribution in [3.05, 3.63) is 23.4 Å². The zero-order valence-corrected chi connectivity index (χ0v) is 11.1. The van der Waals surface area contributed by atoms with E-state index in [2.05, 4.69) is 27.9 Å². The van der Waals surface area contributed by atoms with Crippen LogP contribution < -0.4 is 5.73 Å². The van der Waals surface area contributed by atoms with Crippen molar-refractivity contribution >= 4 is 5.82 Å². The van der Waals surface area contributed by atoms with E-state index in [9.17, 15) is 0 Å². The minimum atomic E-state index is 0.654. The molecule has 0 spiro atoms. The molecule has 0 saturated carbocycles. The Kier molecular flexibility index (Phi) is 3.22. The van der Waals surface area contributed by atoms with Crippen LogP contribution in [-0.4, -0.2) is 47.5 Å². The van der Waals surface area contributed by atoms with Gasteiger partial charge < -0.3 is 10.6 Å². The molecule has 0 atom stereocenters. The zero-order valence-electron chi connectivity index (χ0n) is 11.1. The summed E-state index contributed by atoms with van der Waals surface area (Å²) in [5, 5.41) is 0. The number of nitrogens with zero attached hydrogens (tertiary/aromatic N) is 3. The van der Waals surface area contributed by atoms with Gasteiger partial charge in [0.25, 0.3) is 0 Å². The Labute approximate surface area is 109 Å². The van der Waals surface area contributed by atoms with Crippen molar-refractivity contribution in [2.75, 3.05) is 32.4 Å². The summed E-state index contributed by atoms with van der Waals surface area (Å²) in [7, 11) is 2.22. The van der Waals surface area contributed by atoms with Crippen LogP contribution in [0.2, 0.25) is 0 Å². The maximum atomic E-state index is 5.74. The number of fused-ring (bicyclic) bond motifs is 1. The summed E-state index contributed by atoms with van der Waals surface area (Å²) in [5.41, 5.74) is 8.32. The second kappa shape index (κ2) is 4.86. The van der Waals surface area contributed by atoms with Crippen LogP contribution in [0.5, 0.6) is 0 Å². The predicted molar refractivity (Wildman–Crippen MR) is 73.3 cm³/mol. The molecule has 0 amide bonds. The molecular weight excluding hydrogens is 224 g/mol. The lowest BCUT2D eigenvalue weighted by atomic mass is 9.98. The fourth-order valence-corrected chi connectivity index (χ4v) is 3.13. The summed E-state index contributed by atoms with van der Waals surface area (Å²) in [5.74, 6) is 0.654. The van der Waals surface area contributed by atoms with Gasteiger partial charge in [0.15, 0.2) is 0 Å². The van der Waals surface area contributed by atoms with Crippen LogP contribution in [0.1, 0.15) is 24.1 Å². The number of nitrogen functional groups attached to an aromatic ring is 1. The van der Waals surface area contributed by atoms with Crippen LogP contribution in [0.25, 0.3) is 0 Å². The highest BCUT2D eigenvalue weighted by Crippen LogP contribution is 2.24. The van der Waals surface area contributed by atoms with Gasteiger partial charge in [0.05, 0.1) is 0 Å². The van der Waals surface area contributed by atoms with Gasteiger partial charge in [-0.15, -0.1) is 0 Å². The first-order chi connectivity index (χ1) is 8.72. The average Bonchev–Trinajstić information content (AvgIpc) is 2.39. The smallest absolute Gasteiger partial charge is 0.123 e. The van der Waals surface area contributed by atoms with Crippen LogP contribution >= 0.6 is 0 Å². The maximum absolute atomic E-state index is 5.74. The summed E-state index contributed by atoms with van der Waals surface area (Å²) in [6.45, 7) is 4.65. The van der Waals surface area contributed by atoms with Crippen molar-refractivity contribution in [1.82, 2.24) is 14.8 Å². The standard InChI is InChI=1S/C14H22N4/c1-17-7-4-12(5-8-17)18-9-6-13-11(10-18)2-3-14(15)16-13/h2-3,12H,4-10H2,1H3,(H2,15,16). The van der Waals surface area contributed by atoms with Gasteiger partial charge in [0, 0.05) is 31.2 Å². The molecule has 4 nitrogen and oxygen atoms in total. The third-order valence-corrected chi connectivity index (χ3v) is 4.30. The third-order valence-electron chi connectivity index (χ3n) is 4.30. The lowest BCUT2D eigenvalue weighted by molar-refractivity contribution is 0.109. The molecule has 2 aliphatic heterocycles. The fourth-order valence-electron chi connectivity index (χ4n) is 3.13. The minimum absolute atomic E-state index is 0.654. The number of hydrogen-bond acceptors (Lipinski definition) is 4. The van der Waals surface area contributed by atoms with Crippen molar-refractivity contribution in [2.24, 2.45) is 0 Å². The molecule has 0 bridgehead atoms. The van der Waals surface area contributed by atoms with Crippen LogP contribution in [-0.2, 0) is 13.0 Å². The van der Waals surface area contributed by atoms with Crippen molar-refractivity contribution in [2.45, 2.75) is 31.8 Å². The van der Waals surface area contributed by atoms with Gasteiger partial charge >= 0.3 is 0 Å². The quantitative estimate of drug-likeness (QED) is 0.806. The normalized spacial score (nSPS) is 22.9. The molecule has 0 aliphatic carbocycles. The Morgan fingerprint density at radius 2 is 2.00 bits per heavy atom. The molecule has 3 heterocycles. The van der Waals surface area contributed by atoms with Crippen LogP contribution in [0, 0.1) is 0 Å². The van der Waals surface area contributed by atoms with E-state index in [0.29, 0.717) is 5.82 Å². The van der Waals surface area contributed by atoms with E-state index in [1.54, 1.807) is 0 Å². The summed E-state index contributed by atoms with van der Waals surface area (Å²) in [6, 6.07) is 4.84. The number of piperidine rings is 1. The minimum Gasteiger partial charge on any atom is -0.384 e. The SMILES string of the molecule is CN1CCC(N2CCc3nc(N)ccc3C2)CC1. The van der Waals surface area contributed by atoms with Gasteiger partial charge in [-0.3, -0.25) is 4.90 Å². The molecule has 18 heavy (non-hydrogen) atoms. The van der Waals surface area contributed by atoms with E-state index < -0.39 is 0 Å². The highest BCUT2D eigenvalue weighted by atomic mass is 15.2. The van der Waals surface area contributed by atoms with Crippen molar-refractivity contribution in [3.8, 4) is 0 Å². The Morgan fingerprint density at radius 3 is 2.78 bits per heavy atom. The highest BCUT2D eigenvalue weighted by molar-refractivity contribution is 5.35. The molecule has 1 saturated heterocycles. The second-order valence-corrected chi connectivity index (χ2v) is 5.60. The Morgan fingerprint density at radius 1 is 1.22 bits per heavy atom. The molecule has 2 aliphatic rings. The molecule has 1 aromatic heterocycles. The number of rotatable bonds is 1. The van der Waals surface area contributed by atoms with Gasteiger partial charge in [-0.05, 0) is 44.6 Å². The van der Waals surface area contributed by atoms with Crippen molar-refractivity contribution < 1.29 is 0 Å². The summed E-state index contributed by atoms with van der Waals surface area (Å²) in [6.07, 6.45) is 3.65. The van der Waals surface area contributed by atoms with Crippen LogP contribution in [0.3, 0.4) is 0 Å². The van der Waals surface area contributed by atoms with E-state index in [-0.39, 0.29) is 0 Å². The number of hydrogen-bond donors (Lipinski definition) is 1. The molecule has 1 fully saturated rings. The summed E-state index contributed by atoms with van der Waals surface area (Å²) < 4.78 is 0. The number of anilines is 1. The first kappa shape index (κ1) is 11.9. The van der Waals surface area contributed by atoms with Gasteiger partial charge in [-0.2, -0.15) is 0 Å². The van der Waals surface area contributed by atoms with E-state index >= 15 is 0 Å². The molecular formula is C14H22N4. The monoisotopic (exact) mass is 246 g/mol. The van der Waals surface area contributed by atoms with Crippen LogP contribution in [0.15, 0.2) is 12.1 Å². The highest BCUT2D eigenvalue weighted by Gasteiger charge is 2.26. The average molecular weight is 246 g/mol. The first-order valence-corrected chi connectivity index (χ1v) is 6.89. The van der Waals surface area contributed by atoms with Gasteiger partial charge in [0.2, 0.25) is 0 Å². The largest absolute Gasteiger partial charge is 0.384 e. The van der Waals surface area contributed by atoms with E-state index in [1.165, 1.54) is 37.2 Å². The van der Waals surface area contributed by atoms with Crippen LogP contribution in [0.4, 0.5) is 5.82 Å². The number of aromatic nitrogens is 1. The Hall–Kier alpha value is -1.13. The maximum Gasteiger partial charge on any atom is 0.123 e. The Bertz CT molecular complexity index is 424. The van der Waals surface area contributed by atoms with E-state index in [0.717, 1.165) is 25.6 Å². The molecule has 0 radical (unpaired) electrons. The first-order valence-electron chi connectivity index (χ1n) is 6.89. The predicted octanol–water partition coefficient (Wildman–Crippen LogP) is 1.12. The molecule has 2 N–H and O–H groups in total. The molecule has 98 valence electrons. The number of likely N-dealkylation sites (tertiary alicyclic amines) is 1. The lowest BCUT2D eigenvalue weighted by Gasteiger charge is -2.39. The summed E-state index contributed by atoms with van der Waals surface area (Å²) in [4.78, 5) is 9.51. The lowest BCUT2D eigenvalue weighted by Crippen LogP contribution is -2.45. The van der Waals surface area contributed by atoms with E-state index in [1.807, 2.05) is 6.07 Å². The van der Waals surface area contributed by atoms with E-state index in [4.69, 9.17) is 5.73 Å². The van der Waals surface area contributed by atoms with Crippen molar-refractivity contribution in [3.63, 3.8) is 0 Å². The summed E-state index contributed by atoms with van der Waals surface area (Å²) >= 11 is 0. The molecule has 0 aromatic carbocycles. The van der Waals surface area contributed by atoms with Gasteiger partial charge in [0.1, 0.15) is 5.82 Å². The molecule has 1 aromatic rings. The molecule has 4 heteroatoms. The zero-order chi connectivity index (χ0) is 12.5. The second-order valence-electron chi connectivity index (χ2n) is 5.60. The van der Waals surface area contributed by atoms with Gasteiger partial charge in [-0.25, -0.2) is 4.98 Å². The molecule has 3 rings (SSSR count).